The van der Waals surface area contributed by atoms with Gasteiger partial charge < -0.3 is 5.32 Å². The first-order valence-corrected chi connectivity index (χ1v) is 8.08. The predicted molar refractivity (Wildman–Crippen MR) is 78.9 cm³/mol. The van der Waals surface area contributed by atoms with Crippen molar-refractivity contribution < 1.29 is 0 Å². The molecule has 2 fully saturated rings. The second-order valence-corrected chi connectivity index (χ2v) is 8.26. The summed E-state index contributed by atoms with van der Waals surface area (Å²) in [5.74, 6) is 0.935. The zero-order valence-electron chi connectivity index (χ0n) is 12.0. The Labute approximate surface area is 115 Å². The topological polar surface area (TPSA) is 12.0 Å². The Bertz CT molecular complexity index is 443. The van der Waals surface area contributed by atoms with E-state index >= 15 is 0 Å². The summed E-state index contributed by atoms with van der Waals surface area (Å²) in [5, 5.41) is 6.11. The molecule has 18 heavy (non-hydrogen) atoms. The van der Waals surface area contributed by atoms with Crippen LogP contribution in [0.3, 0.4) is 0 Å². The third kappa shape index (κ3) is 1.77. The molecule has 3 atom stereocenters. The van der Waals surface area contributed by atoms with Gasteiger partial charge in [0.15, 0.2) is 0 Å². The number of hydrogen-bond donors (Lipinski definition) is 1. The van der Waals surface area contributed by atoms with Crippen LogP contribution in [0, 0.1) is 23.7 Å². The van der Waals surface area contributed by atoms with E-state index < -0.39 is 0 Å². The number of thiophene rings is 1. The van der Waals surface area contributed by atoms with Crippen molar-refractivity contribution in [1.29, 1.82) is 0 Å². The van der Waals surface area contributed by atoms with Gasteiger partial charge in [0.2, 0.25) is 0 Å². The summed E-state index contributed by atoms with van der Waals surface area (Å²) in [6, 6.07) is 2.92. The van der Waals surface area contributed by atoms with Gasteiger partial charge in [0.05, 0.1) is 0 Å². The average Bonchev–Trinajstić information content (AvgIpc) is 2.90. The Morgan fingerprint density at radius 1 is 1.39 bits per heavy atom. The van der Waals surface area contributed by atoms with Crippen LogP contribution in [0.2, 0.25) is 0 Å². The van der Waals surface area contributed by atoms with Crippen molar-refractivity contribution in [2.75, 3.05) is 0 Å². The molecule has 2 bridgehead atoms. The second kappa shape index (κ2) is 4.08. The SMILES string of the molecule is Cc1ccsc1CNC1C(C)(C)[C@H]2CC[C@]1(C)C2. The van der Waals surface area contributed by atoms with Gasteiger partial charge in [-0.3, -0.25) is 0 Å². The minimum atomic E-state index is 0.470. The highest BCUT2D eigenvalue weighted by molar-refractivity contribution is 7.10. The summed E-state index contributed by atoms with van der Waals surface area (Å²) in [6.45, 7) is 10.7. The van der Waals surface area contributed by atoms with Gasteiger partial charge in [0.1, 0.15) is 0 Å². The molecule has 0 radical (unpaired) electrons. The number of nitrogens with one attached hydrogen (secondary N) is 1. The molecule has 0 aliphatic heterocycles. The van der Waals surface area contributed by atoms with Gasteiger partial charge >= 0.3 is 0 Å². The fourth-order valence-electron chi connectivity index (χ4n) is 4.59. The highest BCUT2D eigenvalue weighted by Crippen LogP contribution is 2.62. The number of rotatable bonds is 3. The van der Waals surface area contributed by atoms with Crippen LogP contribution in [0.5, 0.6) is 0 Å². The van der Waals surface area contributed by atoms with Gasteiger partial charge in [0, 0.05) is 17.5 Å². The third-order valence-electron chi connectivity index (χ3n) is 5.70. The largest absolute Gasteiger partial charge is 0.308 e. The van der Waals surface area contributed by atoms with Gasteiger partial charge in [-0.2, -0.15) is 0 Å². The van der Waals surface area contributed by atoms with Crippen LogP contribution in [0.1, 0.15) is 50.5 Å². The molecule has 2 aliphatic carbocycles. The zero-order chi connectivity index (χ0) is 13.0. The fraction of sp³-hybridized carbons (Fsp3) is 0.750. The molecule has 2 aliphatic rings. The summed E-state index contributed by atoms with van der Waals surface area (Å²) < 4.78 is 0. The highest BCUT2D eigenvalue weighted by Gasteiger charge is 2.58. The van der Waals surface area contributed by atoms with E-state index in [1.807, 2.05) is 11.3 Å². The van der Waals surface area contributed by atoms with Crippen LogP contribution >= 0.6 is 11.3 Å². The molecule has 0 saturated heterocycles. The first kappa shape index (κ1) is 12.7. The van der Waals surface area contributed by atoms with Crippen molar-refractivity contribution in [3.8, 4) is 0 Å². The van der Waals surface area contributed by atoms with E-state index in [9.17, 15) is 0 Å². The van der Waals surface area contributed by atoms with Crippen molar-refractivity contribution in [3.05, 3.63) is 21.9 Å². The average molecular weight is 263 g/mol. The van der Waals surface area contributed by atoms with Gasteiger partial charge in [-0.15, -0.1) is 11.3 Å². The molecule has 2 saturated carbocycles. The molecule has 1 aromatic heterocycles. The molecule has 1 unspecified atom stereocenters. The molecular weight excluding hydrogens is 238 g/mol. The lowest BCUT2D eigenvalue weighted by Crippen LogP contribution is -2.49. The van der Waals surface area contributed by atoms with Crippen LogP contribution in [-0.2, 0) is 6.54 Å². The van der Waals surface area contributed by atoms with E-state index in [0.29, 0.717) is 16.9 Å². The van der Waals surface area contributed by atoms with Crippen LogP contribution in [-0.4, -0.2) is 6.04 Å². The molecule has 0 spiro atoms. The first-order valence-electron chi connectivity index (χ1n) is 7.20. The summed E-state index contributed by atoms with van der Waals surface area (Å²) in [7, 11) is 0. The number of fused-ring (bicyclic) bond motifs is 2. The first-order chi connectivity index (χ1) is 8.43. The second-order valence-electron chi connectivity index (χ2n) is 7.26. The lowest BCUT2D eigenvalue weighted by atomic mass is 9.68. The smallest absolute Gasteiger partial charge is 0.0305 e. The molecule has 1 heterocycles. The standard InChI is InChI=1S/C16H25NS/c1-11-6-8-18-13(11)10-17-14-15(2,3)12-5-7-16(14,4)9-12/h6,8,12,14,17H,5,7,9-10H2,1-4H3/t12-,14?,16+/m0/s1. The molecule has 100 valence electrons. The van der Waals surface area contributed by atoms with Gasteiger partial charge in [-0.1, -0.05) is 20.8 Å². The monoisotopic (exact) mass is 263 g/mol. The molecular formula is C16H25NS. The summed E-state index contributed by atoms with van der Waals surface area (Å²) >= 11 is 1.89. The van der Waals surface area contributed by atoms with E-state index in [4.69, 9.17) is 0 Å². The van der Waals surface area contributed by atoms with E-state index in [1.165, 1.54) is 29.7 Å². The third-order valence-corrected chi connectivity index (χ3v) is 6.73. The van der Waals surface area contributed by atoms with E-state index in [0.717, 1.165) is 12.5 Å². The van der Waals surface area contributed by atoms with E-state index in [1.54, 1.807) is 0 Å². The molecule has 2 heteroatoms. The van der Waals surface area contributed by atoms with Crippen LogP contribution in [0.15, 0.2) is 11.4 Å². The summed E-state index contributed by atoms with van der Waals surface area (Å²) in [6.07, 6.45) is 4.29. The molecule has 0 aromatic carbocycles. The van der Waals surface area contributed by atoms with Crippen molar-refractivity contribution in [1.82, 2.24) is 5.32 Å². The molecule has 1 N–H and O–H groups in total. The van der Waals surface area contributed by atoms with E-state index in [-0.39, 0.29) is 0 Å². The van der Waals surface area contributed by atoms with Gasteiger partial charge in [-0.05, 0) is 59.9 Å². The molecule has 3 rings (SSSR count). The minimum Gasteiger partial charge on any atom is -0.308 e. The lowest BCUT2D eigenvalue weighted by molar-refractivity contribution is 0.108. The van der Waals surface area contributed by atoms with Crippen molar-refractivity contribution in [2.45, 2.75) is 59.5 Å². The Balaban J connectivity index is 1.74. The predicted octanol–water partition coefficient (Wildman–Crippen LogP) is 4.36. The van der Waals surface area contributed by atoms with Gasteiger partial charge in [0.25, 0.3) is 0 Å². The fourth-order valence-corrected chi connectivity index (χ4v) is 5.45. The van der Waals surface area contributed by atoms with Crippen molar-refractivity contribution in [2.24, 2.45) is 16.7 Å². The van der Waals surface area contributed by atoms with Crippen LogP contribution < -0.4 is 5.32 Å². The quantitative estimate of drug-likeness (QED) is 0.854. The zero-order valence-corrected chi connectivity index (χ0v) is 12.9. The highest BCUT2D eigenvalue weighted by atomic mass is 32.1. The maximum absolute atomic E-state index is 3.90. The van der Waals surface area contributed by atoms with Crippen LogP contribution in [0.25, 0.3) is 0 Å². The van der Waals surface area contributed by atoms with Crippen LogP contribution in [0.4, 0.5) is 0 Å². The normalized spacial score (nSPS) is 37.3. The molecule has 0 amide bonds. The molecule has 1 aromatic rings. The van der Waals surface area contributed by atoms with Crippen molar-refractivity contribution in [3.63, 3.8) is 0 Å². The minimum absolute atomic E-state index is 0.470. The Morgan fingerprint density at radius 3 is 2.72 bits per heavy atom. The summed E-state index contributed by atoms with van der Waals surface area (Å²) in [5.41, 5.74) is 2.45. The number of hydrogen-bond acceptors (Lipinski definition) is 2. The van der Waals surface area contributed by atoms with E-state index in [2.05, 4.69) is 44.5 Å². The van der Waals surface area contributed by atoms with Crippen molar-refractivity contribution >= 4 is 11.3 Å². The molecule has 1 nitrogen and oxygen atoms in total. The Morgan fingerprint density at radius 2 is 2.17 bits per heavy atom. The maximum Gasteiger partial charge on any atom is 0.0305 e. The number of aryl methyl sites for hydroxylation is 1. The lowest BCUT2D eigenvalue weighted by Gasteiger charge is -2.43. The summed E-state index contributed by atoms with van der Waals surface area (Å²) in [4.78, 5) is 1.51. The Hall–Kier alpha value is -0.340. The maximum atomic E-state index is 3.90. The Kier molecular flexibility index (Phi) is 2.87. The van der Waals surface area contributed by atoms with Gasteiger partial charge in [-0.25, -0.2) is 0 Å².